The Morgan fingerprint density at radius 2 is 1.50 bits per heavy atom. The Balaban J connectivity index is 0. The van der Waals surface area contributed by atoms with Crippen LogP contribution in [0.1, 0.15) is 0 Å². The molecule has 49 valence electrons. The van der Waals surface area contributed by atoms with Crippen molar-refractivity contribution in [2.45, 2.75) is 2.14 Å². The molecule has 0 bridgehead atoms. The normalized spacial score (nSPS) is 9.88. The molecule has 0 aromatic rings. The van der Waals surface area contributed by atoms with E-state index >= 15 is 0 Å². The third-order valence-corrected chi connectivity index (χ3v) is 1.26. The van der Waals surface area contributed by atoms with Gasteiger partial charge >= 0.3 is 5.97 Å². The minimum Gasteiger partial charge on any atom is -0.479 e. The summed E-state index contributed by atoms with van der Waals surface area (Å²) in [6.45, 7) is 0. The number of rotatable bonds is 0. The summed E-state index contributed by atoms with van der Waals surface area (Å²) in [6, 6.07) is 0. The molecule has 0 saturated heterocycles. The molecule has 0 aliphatic carbocycles. The van der Waals surface area contributed by atoms with Crippen LogP contribution in [0.15, 0.2) is 0 Å². The molecule has 0 fully saturated rings. The summed E-state index contributed by atoms with van der Waals surface area (Å²) in [5, 5.41) is 8.11. The van der Waals surface area contributed by atoms with Gasteiger partial charge in [0.15, 0.2) is 0 Å². The quantitative estimate of drug-likeness (QED) is 0.575. The van der Waals surface area contributed by atoms with Crippen LogP contribution in [-0.4, -0.2) is 13.2 Å². The molecular formula is C2HBr3EuO2. The van der Waals surface area contributed by atoms with Gasteiger partial charge in [-0.3, -0.25) is 0 Å². The fraction of sp³-hybridized carbons (Fsp3) is 0.500. The fourth-order valence-corrected chi connectivity index (χ4v) is 0. The van der Waals surface area contributed by atoms with Crippen LogP contribution in [0.4, 0.5) is 0 Å². The topological polar surface area (TPSA) is 37.3 Å². The van der Waals surface area contributed by atoms with Gasteiger partial charge < -0.3 is 5.11 Å². The molecule has 0 heterocycles. The van der Waals surface area contributed by atoms with Gasteiger partial charge in [-0.1, -0.05) is 0 Å². The monoisotopic (exact) mass is 447 g/mol. The van der Waals surface area contributed by atoms with E-state index in [2.05, 4.69) is 47.8 Å². The van der Waals surface area contributed by atoms with Gasteiger partial charge in [-0.15, -0.1) is 0 Å². The number of aliphatic carboxylic acids is 1. The van der Waals surface area contributed by atoms with Crippen molar-refractivity contribution < 1.29 is 59.3 Å². The molecule has 0 aromatic heterocycles. The number of alkyl halides is 3. The Hall–Kier alpha value is 2.49. The Labute approximate surface area is 113 Å². The number of carbonyl (C=O) groups is 1. The van der Waals surface area contributed by atoms with E-state index in [1.54, 1.807) is 0 Å². The average molecular weight is 449 g/mol. The molecule has 0 atom stereocenters. The van der Waals surface area contributed by atoms with Crippen molar-refractivity contribution in [3.63, 3.8) is 0 Å². The summed E-state index contributed by atoms with van der Waals surface area (Å²) in [4.78, 5) is 9.88. The van der Waals surface area contributed by atoms with Crippen LogP contribution in [0.5, 0.6) is 0 Å². The van der Waals surface area contributed by atoms with Crippen molar-refractivity contribution in [2.75, 3.05) is 0 Å². The van der Waals surface area contributed by atoms with E-state index in [1.165, 1.54) is 0 Å². The molecule has 6 heteroatoms. The van der Waals surface area contributed by atoms with E-state index in [1.807, 2.05) is 0 Å². The molecule has 0 aliphatic heterocycles. The summed E-state index contributed by atoms with van der Waals surface area (Å²) in [5.41, 5.74) is 0. The maximum absolute atomic E-state index is 9.88. The molecule has 8 heavy (non-hydrogen) atoms. The molecule has 1 N–H and O–H groups in total. The minimum absolute atomic E-state index is 0. The third kappa shape index (κ3) is 6.61. The molecule has 0 aliphatic rings. The first-order chi connectivity index (χ1) is 2.94. The first-order valence-electron chi connectivity index (χ1n) is 1.24. The van der Waals surface area contributed by atoms with Crippen molar-refractivity contribution in [3.8, 4) is 0 Å². The number of hydrogen-bond donors (Lipinski definition) is 1. The zero-order valence-corrected chi connectivity index (χ0v) is 10.6. The second kappa shape index (κ2) is 5.19. The fourth-order valence-electron chi connectivity index (χ4n) is 0. The smallest absolute Gasteiger partial charge is 0.342 e. The van der Waals surface area contributed by atoms with Crippen LogP contribution in [0.25, 0.3) is 0 Å². The second-order valence-electron chi connectivity index (χ2n) is 0.803. The van der Waals surface area contributed by atoms with Crippen LogP contribution < -0.4 is 0 Å². The van der Waals surface area contributed by atoms with Crippen LogP contribution in [0.3, 0.4) is 0 Å². The van der Waals surface area contributed by atoms with Gasteiger partial charge in [-0.05, 0) is 47.8 Å². The zero-order chi connectivity index (χ0) is 6.08. The summed E-state index contributed by atoms with van der Waals surface area (Å²) in [7, 11) is 0. The SMILES string of the molecule is O=C(O)C(Br)(Br)Br.[Eu]. The number of hydrogen-bond acceptors (Lipinski definition) is 1. The molecule has 0 spiro atoms. The van der Waals surface area contributed by atoms with Gasteiger partial charge in [-0.25, -0.2) is 4.79 Å². The Bertz CT molecular complexity index is 87.8. The molecular weight excluding hydrogens is 448 g/mol. The third-order valence-electron chi connectivity index (χ3n) is 0.243. The molecule has 2 nitrogen and oxygen atoms in total. The van der Waals surface area contributed by atoms with Gasteiger partial charge in [0.05, 0.1) is 0 Å². The number of carboxylic acid groups (broad SMARTS) is 1. The Morgan fingerprint density at radius 3 is 1.50 bits per heavy atom. The van der Waals surface area contributed by atoms with E-state index in [0.717, 1.165) is 0 Å². The van der Waals surface area contributed by atoms with Gasteiger partial charge in [0.1, 0.15) is 0 Å². The number of halogens is 3. The zero-order valence-electron chi connectivity index (χ0n) is 3.37. The molecule has 0 unspecified atom stereocenters. The van der Waals surface area contributed by atoms with E-state index in [-0.39, 0.29) is 49.4 Å². The first kappa shape index (κ1) is 13.1. The van der Waals surface area contributed by atoms with Crippen LogP contribution in [-0.2, 0) is 4.79 Å². The van der Waals surface area contributed by atoms with Crippen LogP contribution in [0, 0.1) is 49.4 Å². The second-order valence-corrected chi connectivity index (χ2v) is 7.56. The molecule has 0 aromatic carbocycles. The van der Waals surface area contributed by atoms with Crippen molar-refractivity contribution in [2.24, 2.45) is 0 Å². The largest absolute Gasteiger partial charge is 0.479 e. The van der Waals surface area contributed by atoms with Gasteiger partial charge in [0.25, 0.3) is 0 Å². The molecule has 0 amide bonds. The van der Waals surface area contributed by atoms with E-state index in [9.17, 15) is 4.79 Å². The Kier molecular flexibility index (Phi) is 8.50. The van der Waals surface area contributed by atoms with E-state index in [4.69, 9.17) is 5.11 Å². The molecule has 1 radical (unpaired) electrons. The van der Waals surface area contributed by atoms with Gasteiger partial charge in [0, 0.05) is 49.4 Å². The van der Waals surface area contributed by atoms with Gasteiger partial charge in [-0.2, -0.15) is 0 Å². The predicted octanol–water partition coefficient (Wildman–Crippen LogP) is 1.91. The maximum Gasteiger partial charge on any atom is 0.342 e. The van der Waals surface area contributed by atoms with Crippen LogP contribution >= 0.6 is 47.8 Å². The predicted molar refractivity (Wildman–Crippen MR) is 37.1 cm³/mol. The number of carboxylic acids is 1. The van der Waals surface area contributed by atoms with E-state index in [0.29, 0.717) is 0 Å². The maximum atomic E-state index is 9.88. The standard InChI is InChI=1S/C2HBr3O2.Eu/c3-2(4,5)1(6)7;/h(H,6,7);. The van der Waals surface area contributed by atoms with Gasteiger partial charge in [0.2, 0.25) is 2.14 Å². The molecule has 0 saturated carbocycles. The summed E-state index contributed by atoms with van der Waals surface area (Å²) in [6.07, 6.45) is 0. The summed E-state index contributed by atoms with van der Waals surface area (Å²) >= 11 is 8.33. The van der Waals surface area contributed by atoms with E-state index < -0.39 is 8.11 Å². The molecule has 0 rings (SSSR count). The summed E-state index contributed by atoms with van der Waals surface area (Å²) < 4.78 is -1.15. The average Bonchev–Trinajstić information content (AvgIpc) is 1.31. The van der Waals surface area contributed by atoms with Crippen molar-refractivity contribution in [1.29, 1.82) is 0 Å². The Morgan fingerprint density at radius 1 is 1.38 bits per heavy atom. The van der Waals surface area contributed by atoms with Crippen molar-refractivity contribution >= 4 is 53.8 Å². The minimum atomic E-state index is -1.15. The van der Waals surface area contributed by atoms with Crippen molar-refractivity contribution in [1.82, 2.24) is 0 Å². The van der Waals surface area contributed by atoms with Crippen LogP contribution in [0.2, 0.25) is 0 Å². The summed E-state index contributed by atoms with van der Waals surface area (Å²) in [5.74, 6) is -1.01. The van der Waals surface area contributed by atoms with Crippen molar-refractivity contribution in [3.05, 3.63) is 0 Å². The first-order valence-corrected chi connectivity index (χ1v) is 3.62.